The van der Waals surface area contributed by atoms with E-state index >= 15 is 0 Å². The maximum atomic E-state index is 12.6. The molecule has 0 amide bonds. The molecule has 0 radical (unpaired) electrons. The Morgan fingerprint density at radius 2 is 1.93 bits per heavy atom. The fourth-order valence-electron chi connectivity index (χ4n) is 1.21. The van der Waals surface area contributed by atoms with E-state index in [9.17, 15) is 4.39 Å². The molecular weight excluding hydrogens is 187 g/mol. The highest BCUT2D eigenvalue weighted by Crippen LogP contribution is 2.28. The number of benzene rings is 1. The van der Waals surface area contributed by atoms with Gasteiger partial charge in [-0.3, -0.25) is 0 Å². The lowest BCUT2D eigenvalue weighted by atomic mass is 10.2. The molecule has 2 atom stereocenters. The Balaban J connectivity index is 2.06. The van der Waals surface area contributed by atoms with Crippen LogP contribution < -0.4 is 0 Å². The lowest BCUT2D eigenvalue weighted by Crippen LogP contribution is -2.05. The van der Waals surface area contributed by atoms with Crippen molar-refractivity contribution in [1.29, 1.82) is 0 Å². The first-order valence-electron chi connectivity index (χ1n) is 4.52. The molecule has 14 heavy (non-hydrogen) atoms. The molecule has 1 aliphatic heterocycles. The van der Waals surface area contributed by atoms with Crippen molar-refractivity contribution in [1.82, 2.24) is 0 Å². The summed E-state index contributed by atoms with van der Waals surface area (Å²) in [5.74, 6) is -0.278. The van der Waals surface area contributed by atoms with Crippen LogP contribution in [0.1, 0.15) is 25.2 Å². The number of hydrogen-bond acceptors (Lipinski definition) is 3. The normalized spacial score (nSPS) is 26.7. The minimum absolute atomic E-state index is 0.278. The quantitative estimate of drug-likeness (QED) is 0.683. The molecule has 1 aromatic rings. The minimum Gasteiger partial charge on any atom is -0.313 e. The van der Waals surface area contributed by atoms with Gasteiger partial charge in [0.2, 0.25) is 6.29 Å². The van der Waals surface area contributed by atoms with E-state index in [0.29, 0.717) is 0 Å². The molecule has 4 heteroatoms. The second kappa shape index (κ2) is 4.04. The van der Waals surface area contributed by atoms with Crippen LogP contribution in [0.5, 0.6) is 0 Å². The lowest BCUT2D eigenvalue weighted by Gasteiger charge is -2.06. The smallest absolute Gasteiger partial charge is 0.220 e. The average molecular weight is 198 g/mol. The molecule has 0 aromatic heterocycles. The molecule has 76 valence electrons. The minimum atomic E-state index is -0.541. The highest BCUT2D eigenvalue weighted by molar-refractivity contribution is 5.17. The predicted molar refractivity (Wildman–Crippen MR) is 46.5 cm³/mol. The Labute approximate surface area is 81.3 Å². The van der Waals surface area contributed by atoms with Gasteiger partial charge in [-0.1, -0.05) is 19.1 Å². The third kappa shape index (κ3) is 1.92. The summed E-state index contributed by atoms with van der Waals surface area (Å²) in [6.45, 7) is 1.93. The maximum Gasteiger partial charge on any atom is 0.220 e. The van der Waals surface area contributed by atoms with Gasteiger partial charge >= 0.3 is 0 Å². The van der Waals surface area contributed by atoms with Gasteiger partial charge in [0.1, 0.15) is 5.82 Å². The van der Waals surface area contributed by atoms with Crippen LogP contribution in [0.4, 0.5) is 4.39 Å². The summed E-state index contributed by atoms with van der Waals surface area (Å²) in [5.41, 5.74) is 0.752. The van der Waals surface area contributed by atoms with Gasteiger partial charge in [-0.15, -0.1) is 0 Å². The van der Waals surface area contributed by atoms with E-state index in [-0.39, 0.29) is 12.1 Å². The summed E-state index contributed by atoms with van der Waals surface area (Å²) >= 11 is 0. The number of rotatable bonds is 2. The number of ether oxygens (including phenoxy) is 1. The first-order valence-corrected chi connectivity index (χ1v) is 4.52. The van der Waals surface area contributed by atoms with E-state index < -0.39 is 6.29 Å². The highest BCUT2D eigenvalue weighted by atomic mass is 19.1. The van der Waals surface area contributed by atoms with Gasteiger partial charge in [0.05, 0.1) is 0 Å². The number of hydrogen-bond donors (Lipinski definition) is 0. The second-order valence-corrected chi connectivity index (χ2v) is 3.05. The van der Waals surface area contributed by atoms with Crippen molar-refractivity contribution in [2.45, 2.75) is 25.9 Å². The van der Waals surface area contributed by atoms with E-state index in [1.165, 1.54) is 12.1 Å². The molecule has 0 aliphatic carbocycles. The van der Waals surface area contributed by atoms with Gasteiger partial charge in [-0.05, 0) is 18.6 Å². The maximum absolute atomic E-state index is 12.6. The van der Waals surface area contributed by atoms with Gasteiger partial charge in [0.25, 0.3) is 0 Å². The predicted octanol–water partition coefficient (Wildman–Crippen LogP) is 2.54. The molecule has 1 aliphatic rings. The van der Waals surface area contributed by atoms with Crippen LogP contribution in [0.25, 0.3) is 0 Å². The van der Waals surface area contributed by atoms with Gasteiger partial charge in [-0.2, -0.15) is 4.89 Å². The fourth-order valence-corrected chi connectivity index (χ4v) is 1.21. The molecule has 1 aromatic carbocycles. The largest absolute Gasteiger partial charge is 0.313 e. The van der Waals surface area contributed by atoms with Crippen molar-refractivity contribution in [2.75, 3.05) is 0 Å². The summed E-state index contributed by atoms with van der Waals surface area (Å²) in [4.78, 5) is 9.82. The van der Waals surface area contributed by atoms with Crippen LogP contribution >= 0.6 is 0 Å². The Hall–Kier alpha value is -0.970. The zero-order valence-electron chi connectivity index (χ0n) is 7.77. The van der Waals surface area contributed by atoms with Crippen LogP contribution in [-0.4, -0.2) is 6.29 Å². The van der Waals surface area contributed by atoms with Gasteiger partial charge in [0.15, 0.2) is 6.29 Å². The zero-order chi connectivity index (χ0) is 9.97. The van der Waals surface area contributed by atoms with Crippen molar-refractivity contribution >= 4 is 0 Å². The van der Waals surface area contributed by atoms with Gasteiger partial charge in [0, 0.05) is 5.56 Å². The molecule has 0 bridgehead atoms. The van der Waals surface area contributed by atoms with Crippen LogP contribution in [0.2, 0.25) is 0 Å². The van der Waals surface area contributed by atoms with E-state index in [4.69, 9.17) is 14.5 Å². The van der Waals surface area contributed by atoms with Crippen LogP contribution in [0.3, 0.4) is 0 Å². The van der Waals surface area contributed by atoms with Crippen molar-refractivity contribution in [2.24, 2.45) is 0 Å². The molecule has 0 spiro atoms. The first-order chi connectivity index (χ1) is 6.79. The van der Waals surface area contributed by atoms with Crippen LogP contribution in [0.15, 0.2) is 24.3 Å². The molecule has 1 fully saturated rings. The number of halogens is 1. The van der Waals surface area contributed by atoms with E-state index in [1.807, 2.05) is 6.92 Å². The second-order valence-electron chi connectivity index (χ2n) is 3.05. The summed E-state index contributed by atoms with van der Waals surface area (Å²) in [6, 6.07) is 5.95. The monoisotopic (exact) mass is 198 g/mol. The fraction of sp³-hybridized carbons (Fsp3) is 0.400. The third-order valence-electron chi connectivity index (χ3n) is 2.00. The SMILES string of the molecule is CCC1OOC(c2ccc(F)cc2)O1. The molecule has 1 heterocycles. The van der Waals surface area contributed by atoms with Crippen molar-refractivity contribution < 1.29 is 18.9 Å². The molecule has 2 rings (SSSR count). The van der Waals surface area contributed by atoms with Crippen molar-refractivity contribution in [3.05, 3.63) is 35.6 Å². The molecule has 0 N–H and O–H groups in total. The Morgan fingerprint density at radius 1 is 1.21 bits per heavy atom. The molecule has 0 saturated carbocycles. The third-order valence-corrected chi connectivity index (χ3v) is 2.00. The topological polar surface area (TPSA) is 27.7 Å². The standard InChI is InChI=1S/C10H11FO3/c1-2-9-12-10(14-13-9)7-3-5-8(11)6-4-7/h3-6,9-10H,2H2,1H3. The van der Waals surface area contributed by atoms with Crippen molar-refractivity contribution in [3.8, 4) is 0 Å². The van der Waals surface area contributed by atoms with Gasteiger partial charge in [-0.25, -0.2) is 9.28 Å². The Bertz CT molecular complexity index is 299. The molecule has 3 nitrogen and oxygen atoms in total. The molecular formula is C10H11FO3. The zero-order valence-corrected chi connectivity index (χ0v) is 7.77. The summed E-state index contributed by atoms with van der Waals surface area (Å²) in [7, 11) is 0. The summed E-state index contributed by atoms with van der Waals surface area (Å²) in [6.07, 6.45) is -0.150. The molecule has 2 unspecified atom stereocenters. The van der Waals surface area contributed by atoms with Crippen LogP contribution in [-0.2, 0) is 14.5 Å². The van der Waals surface area contributed by atoms with Gasteiger partial charge < -0.3 is 4.74 Å². The lowest BCUT2D eigenvalue weighted by molar-refractivity contribution is -0.298. The Kier molecular flexibility index (Phi) is 2.77. The average Bonchev–Trinajstić information content (AvgIpc) is 2.67. The Morgan fingerprint density at radius 3 is 2.50 bits per heavy atom. The van der Waals surface area contributed by atoms with E-state index in [1.54, 1.807) is 12.1 Å². The van der Waals surface area contributed by atoms with E-state index in [0.717, 1.165) is 12.0 Å². The van der Waals surface area contributed by atoms with E-state index in [2.05, 4.69) is 0 Å². The highest BCUT2D eigenvalue weighted by Gasteiger charge is 2.27. The first kappa shape index (κ1) is 9.58. The molecule has 1 saturated heterocycles. The summed E-state index contributed by atoms with van der Waals surface area (Å²) < 4.78 is 18.0. The van der Waals surface area contributed by atoms with Crippen molar-refractivity contribution in [3.63, 3.8) is 0 Å². The summed E-state index contributed by atoms with van der Waals surface area (Å²) in [5, 5.41) is 0. The van der Waals surface area contributed by atoms with Crippen LogP contribution in [0, 0.1) is 5.82 Å².